The summed E-state index contributed by atoms with van der Waals surface area (Å²) in [5.74, 6) is -0.162. The van der Waals surface area contributed by atoms with Crippen LogP contribution in [0.15, 0.2) is 21.5 Å². The van der Waals surface area contributed by atoms with Gasteiger partial charge in [0.25, 0.3) is 0 Å². The molecular formula is C13H18BrFN2O2S. The van der Waals surface area contributed by atoms with Gasteiger partial charge in [-0.2, -0.15) is 0 Å². The topological polar surface area (TPSA) is 72.2 Å². The molecule has 0 atom stereocenters. The first-order valence-corrected chi connectivity index (χ1v) is 8.70. The summed E-state index contributed by atoms with van der Waals surface area (Å²) in [6, 6.07) is 2.20. The number of hydrogen-bond donors (Lipinski definition) is 2. The molecule has 0 aromatic heterocycles. The lowest BCUT2D eigenvalue weighted by atomic mass is 9.93. The van der Waals surface area contributed by atoms with Gasteiger partial charge in [-0.05, 0) is 52.2 Å². The van der Waals surface area contributed by atoms with Crippen molar-refractivity contribution in [1.82, 2.24) is 4.72 Å². The van der Waals surface area contributed by atoms with Crippen molar-refractivity contribution in [2.75, 3.05) is 12.3 Å². The van der Waals surface area contributed by atoms with Gasteiger partial charge in [0.05, 0.1) is 10.2 Å². The summed E-state index contributed by atoms with van der Waals surface area (Å²) in [7, 11) is -3.73. The molecule has 112 valence electrons. The quantitative estimate of drug-likeness (QED) is 0.789. The zero-order chi connectivity index (χ0) is 15.1. The molecule has 20 heavy (non-hydrogen) atoms. The molecule has 0 heterocycles. The van der Waals surface area contributed by atoms with Crippen molar-refractivity contribution in [3.05, 3.63) is 22.4 Å². The van der Waals surface area contributed by atoms with E-state index in [1.54, 1.807) is 0 Å². The van der Waals surface area contributed by atoms with E-state index in [1.807, 2.05) is 0 Å². The minimum Gasteiger partial charge on any atom is -0.398 e. The van der Waals surface area contributed by atoms with Gasteiger partial charge in [0.15, 0.2) is 0 Å². The van der Waals surface area contributed by atoms with Gasteiger partial charge in [-0.15, -0.1) is 0 Å². The number of anilines is 1. The highest BCUT2D eigenvalue weighted by molar-refractivity contribution is 9.10. The highest BCUT2D eigenvalue weighted by Crippen LogP contribution is 2.51. The Balaban J connectivity index is 2.21. The van der Waals surface area contributed by atoms with E-state index < -0.39 is 15.8 Å². The fraction of sp³-hybridized carbons (Fsp3) is 0.538. The van der Waals surface area contributed by atoms with E-state index >= 15 is 0 Å². The van der Waals surface area contributed by atoms with Crippen molar-refractivity contribution in [3.8, 4) is 0 Å². The predicted molar refractivity (Wildman–Crippen MR) is 80.2 cm³/mol. The monoisotopic (exact) mass is 364 g/mol. The molecular weight excluding hydrogens is 347 g/mol. The Morgan fingerprint density at radius 2 is 2.05 bits per heavy atom. The maximum Gasteiger partial charge on any atom is 0.242 e. The van der Waals surface area contributed by atoms with Crippen LogP contribution < -0.4 is 10.5 Å². The highest BCUT2D eigenvalue weighted by Gasteiger charge is 2.45. The maximum atomic E-state index is 13.3. The third-order valence-electron chi connectivity index (χ3n) is 4.07. The summed E-state index contributed by atoms with van der Waals surface area (Å²) >= 11 is 2.98. The van der Waals surface area contributed by atoms with E-state index in [1.165, 1.54) is 6.07 Å². The third kappa shape index (κ3) is 2.99. The van der Waals surface area contributed by atoms with Crippen LogP contribution in [0.1, 0.15) is 26.7 Å². The molecule has 2 rings (SSSR count). The smallest absolute Gasteiger partial charge is 0.242 e. The Bertz CT molecular complexity index is 628. The van der Waals surface area contributed by atoms with Gasteiger partial charge in [0.1, 0.15) is 10.7 Å². The summed E-state index contributed by atoms with van der Waals surface area (Å²) in [5, 5.41) is 0. The van der Waals surface area contributed by atoms with Gasteiger partial charge in [-0.25, -0.2) is 17.5 Å². The molecule has 1 aromatic carbocycles. The fourth-order valence-corrected chi connectivity index (χ4v) is 3.98. The molecule has 1 saturated carbocycles. The summed E-state index contributed by atoms with van der Waals surface area (Å²) in [6.07, 6.45) is 2.05. The van der Waals surface area contributed by atoms with Crippen molar-refractivity contribution >= 4 is 31.6 Å². The maximum absolute atomic E-state index is 13.3. The molecule has 0 unspecified atom stereocenters. The second-order valence-electron chi connectivity index (χ2n) is 5.65. The molecule has 0 bridgehead atoms. The van der Waals surface area contributed by atoms with Crippen LogP contribution in [0.2, 0.25) is 0 Å². The zero-order valence-electron chi connectivity index (χ0n) is 11.4. The molecule has 1 aliphatic carbocycles. The van der Waals surface area contributed by atoms with E-state index in [-0.39, 0.29) is 20.5 Å². The molecule has 4 nitrogen and oxygen atoms in total. The fourth-order valence-electron chi connectivity index (χ4n) is 2.21. The number of nitrogens with one attached hydrogen (secondary N) is 1. The van der Waals surface area contributed by atoms with Gasteiger partial charge in [-0.3, -0.25) is 0 Å². The molecule has 7 heteroatoms. The predicted octanol–water partition coefficient (Wildman–Crippen LogP) is 2.88. The van der Waals surface area contributed by atoms with Crippen LogP contribution in [-0.4, -0.2) is 15.0 Å². The molecule has 1 aromatic rings. The van der Waals surface area contributed by atoms with Crippen LogP contribution in [-0.2, 0) is 10.0 Å². The van der Waals surface area contributed by atoms with Crippen LogP contribution in [0, 0.1) is 17.2 Å². The molecule has 0 aliphatic heterocycles. The lowest BCUT2D eigenvalue weighted by molar-refractivity contribution is 0.357. The first-order chi connectivity index (χ1) is 9.18. The summed E-state index contributed by atoms with van der Waals surface area (Å²) in [5.41, 5.74) is 5.58. The Hall–Kier alpha value is -0.660. The Morgan fingerprint density at radius 1 is 1.45 bits per heavy atom. The lowest BCUT2D eigenvalue weighted by Crippen LogP contribution is -2.33. The first-order valence-electron chi connectivity index (χ1n) is 6.42. The van der Waals surface area contributed by atoms with E-state index in [2.05, 4.69) is 34.5 Å². The second kappa shape index (κ2) is 5.27. The first kappa shape index (κ1) is 15.7. The molecule has 0 amide bonds. The Labute approximate surface area is 127 Å². The number of rotatable bonds is 5. The van der Waals surface area contributed by atoms with E-state index in [0.29, 0.717) is 12.5 Å². The number of hydrogen-bond acceptors (Lipinski definition) is 3. The largest absolute Gasteiger partial charge is 0.398 e. The van der Waals surface area contributed by atoms with E-state index in [9.17, 15) is 12.8 Å². The van der Waals surface area contributed by atoms with Crippen molar-refractivity contribution < 1.29 is 12.8 Å². The number of nitrogen functional groups attached to an aromatic ring is 1. The van der Waals surface area contributed by atoms with Gasteiger partial charge in [0.2, 0.25) is 10.0 Å². The number of benzene rings is 1. The molecule has 0 saturated heterocycles. The molecule has 3 N–H and O–H groups in total. The standard InChI is InChI=1S/C13H18BrFN2O2S/c1-8(2)13(3-4-13)7-17-20(18,19)12-5-9(14)10(15)6-11(12)16/h5-6,8,17H,3-4,7,16H2,1-2H3. The third-order valence-corrected chi connectivity index (χ3v) is 6.14. The van der Waals surface area contributed by atoms with Crippen LogP contribution >= 0.6 is 15.9 Å². The van der Waals surface area contributed by atoms with Crippen LogP contribution in [0.3, 0.4) is 0 Å². The van der Waals surface area contributed by atoms with Crippen molar-refractivity contribution in [2.24, 2.45) is 11.3 Å². The van der Waals surface area contributed by atoms with Crippen LogP contribution in [0.5, 0.6) is 0 Å². The van der Waals surface area contributed by atoms with Gasteiger partial charge in [0, 0.05) is 6.54 Å². The van der Waals surface area contributed by atoms with Gasteiger partial charge < -0.3 is 5.73 Å². The van der Waals surface area contributed by atoms with Gasteiger partial charge in [-0.1, -0.05) is 13.8 Å². The molecule has 0 spiro atoms. The second-order valence-corrected chi connectivity index (χ2v) is 8.24. The Kier molecular flexibility index (Phi) is 4.15. The lowest BCUT2D eigenvalue weighted by Gasteiger charge is -2.20. The average Bonchev–Trinajstić information content (AvgIpc) is 3.12. The Morgan fingerprint density at radius 3 is 2.55 bits per heavy atom. The highest BCUT2D eigenvalue weighted by atomic mass is 79.9. The summed E-state index contributed by atoms with van der Waals surface area (Å²) in [6.45, 7) is 4.57. The minimum atomic E-state index is -3.73. The molecule has 0 radical (unpaired) electrons. The normalized spacial score (nSPS) is 17.4. The summed E-state index contributed by atoms with van der Waals surface area (Å²) < 4.78 is 40.5. The van der Waals surface area contributed by atoms with E-state index in [4.69, 9.17) is 5.73 Å². The van der Waals surface area contributed by atoms with Crippen molar-refractivity contribution in [1.29, 1.82) is 0 Å². The average molecular weight is 365 g/mol. The number of nitrogens with two attached hydrogens (primary N) is 1. The number of halogens is 2. The molecule has 1 aliphatic rings. The zero-order valence-corrected chi connectivity index (χ0v) is 13.8. The summed E-state index contributed by atoms with van der Waals surface area (Å²) in [4.78, 5) is -0.0923. The van der Waals surface area contributed by atoms with E-state index in [0.717, 1.165) is 18.9 Å². The van der Waals surface area contributed by atoms with Crippen molar-refractivity contribution in [2.45, 2.75) is 31.6 Å². The van der Waals surface area contributed by atoms with Crippen LogP contribution in [0.25, 0.3) is 0 Å². The number of sulfonamides is 1. The SMILES string of the molecule is CC(C)C1(CNS(=O)(=O)c2cc(Br)c(F)cc2N)CC1. The van der Waals surface area contributed by atoms with Crippen molar-refractivity contribution in [3.63, 3.8) is 0 Å². The van der Waals surface area contributed by atoms with Crippen LogP contribution in [0.4, 0.5) is 10.1 Å². The minimum absolute atomic E-state index is 0.0547. The van der Waals surface area contributed by atoms with Gasteiger partial charge >= 0.3 is 0 Å². The molecule has 1 fully saturated rings.